The topological polar surface area (TPSA) is 234 Å². The lowest BCUT2D eigenvalue weighted by Crippen LogP contribution is -2.58. The molecule has 1 aromatic carbocycles. The normalized spacial score (nSPS) is 14.2. The molecular weight excluding hydrogens is 470 g/mol. The molecule has 0 saturated heterocycles. The summed E-state index contributed by atoms with van der Waals surface area (Å²) in [6.07, 6.45) is -0.409. The number of carboxylic acid groups (broad SMARTS) is 1. The van der Waals surface area contributed by atoms with Gasteiger partial charge in [-0.05, 0) is 30.5 Å². The number of aromatic hydroxyl groups is 1. The van der Waals surface area contributed by atoms with Gasteiger partial charge in [0.25, 0.3) is 0 Å². The van der Waals surface area contributed by atoms with Gasteiger partial charge in [0, 0.05) is 12.2 Å². The number of hydrogen-bond donors (Lipinski definition) is 9. The number of hydrogen-bond acceptors (Lipinski definition) is 9. The molecule has 1 aromatic rings. The smallest absolute Gasteiger partial charge is 0.327 e. The second-order valence-corrected chi connectivity index (χ2v) is 7.73. The fourth-order valence-electron chi connectivity index (χ4n) is 2.74. The number of nitrogens with one attached hydrogen (secondary N) is 3. The largest absolute Gasteiger partial charge is 0.508 e. The maximum atomic E-state index is 12.7. The number of nitrogens with two attached hydrogens (primary N) is 2. The molecule has 188 valence electrons. The van der Waals surface area contributed by atoms with Crippen LogP contribution in [0.25, 0.3) is 0 Å². The molecule has 34 heavy (non-hydrogen) atoms. The first-order valence-corrected chi connectivity index (χ1v) is 10.8. The molecule has 14 heteroatoms. The summed E-state index contributed by atoms with van der Waals surface area (Å²) in [4.78, 5) is 59.7. The number of thiol groups is 1. The lowest BCUT2D eigenvalue weighted by Gasteiger charge is -2.24. The van der Waals surface area contributed by atoms with Crippen LogP contribution in [0.1, 0.15) is 18.4 Å². The number of primary amides is 1. The van der Waals surface area contributed by atoms with Crippen LogP contribution in [0.2, 0.25) is 0 Å². The van der Waals surface area contributed by atoms with Crippen molar-refractivity contribution in [3.8, 4) is 5.75 Å². The van der Waals surface area contributed by atoms with E-state index in [0.29, 0.717) is 5.56 Å². The molecule has 0 aliphatic heterocycles. The number of aliphatic hydroxyl groups excluding tert-OH is 1. The Bertz CT molecular complexity index is 882. The molecular formula is C20H29N5O8S. The number of aliphatic hydroxyl groups is 1. The summed E-state index contributed by atoms with van der Waals surface area (Å²) in [6, 6.07) is 0.680. The summed E-state index contributed by atoms with van der Waals surface area (Å²) in [5, 5.41) is 34.5. The van der Waals surface area contributed by atoms with Crippen LogP contribution in [-0.4, -0.2) is 81.4 Å². The van der Waals surface area contributed by atoms with Crippen LogP contribution in [0, 0.1) is 0 Å². The summed E-state index contributed by atoms with van der Waals surface area (Å²) in [6.45, 7) is -0.868. The molecule has 0 spiro atoms. The Balaban J connectivity index is 2.86. The van der Waals surface area contributed by atoms with Gasteiger partial charge in [0.1, 0.15) is 23.9 Å². The molecule has 4 unspecified atom stereocenters. The predicted octanol–water partition coefficient (Wildman–Crippen LogP) is -3.01. The van der Waals surface area contributed by atoms with Gasteiger partial charge in [-0.3, -0.25) is 19.2 Å². The third-order valence-corrected chi connectivity index (χ3v) is 5.02. The fourth-order valence-corrected chi connectivity index (χ4v) is 2.98. The summed E-state index contributed by atoms with van der Waals surface area (Å²) >= 11 is 3.81. The minimum atomic E-state index is -1.53. The molecule has 1 rings (SSSR count). The SMILES string of the molecule is NC(=O)CCC(NC(=O)C(N)Cc1ccc(O)cc1)C(=O)NC(CO)C(=O)NC(CS)C(=O)O. The van der Waals surface area contributed by atoms with E-state index in [-0.39, 0.29) is 30.8 Å². The van der Waals surface area contributed by atoms with Gasteiger partial charge in [0.05, 0.1) is 12.6 Å². The van der Waals surface area contributed by atoms with Gasteiger partial charge in [-0.25, -0.2) is 4.79 Å². The van der Waals surface area contributed by atoms with E-state index in [4.69, 9.17) is 16.6 Å². The molecule has 0 bridgehead atoms. The average Bonchev–Trinajstić information content (AvgIpc) is 2.78. The highest BCUT2D eigenvalue weighted by atomic mass is 32.1. The maximum absolute atomic E-state index is 12.7. The van der Waals surface area contributed by atoms with Crippen molar-refractivity contribution in [2.45, 2.75) is 43.4 Å². The van der Waals surface area contributed by atoms with Gasteiger partial charge in [0.2, 0.25) is 23.6 Å². The van der Waals surface area contributed by atoms with Gasteiger partial charge in [-0.2, -0.15) is 12.6 Å². The van der Waals surface area contributed by atoms with Crippen LogP contribution in [-0.2, 0) is 30.4 Å². The van der Waals surface area contributed by atoms with Crippen LogP contribution in [0.15, 0.2) is 24.3 Å². The highest BCUT2D eigenvalue weighted by Gasteiger charge is 2.30. The van der Waals surface area contributed by atoms with E-state index in [1.54, 1.807) is 12.1 Å². The van der Waals surface area contributed by atoms with Crippen molar-refractivity contribution in [2.24, 2.45) is 11.5 Å². The molecule has 13 nitrogen and oxygen atoms in total. The van der Waals surface area contributed by atoms with Crippen molar-refractivity contribution in [2.75, 3.05) is 12.4 Å². The van der Waals surface area contributed by atoms with E-state index < -0.39 is 60.4 Å². The zero-order valence-electron chi connectivity index (χ0n) is 18.1. The highest BCUT2D eigenvalue weighted by Crippen LogP contribution is 2.11. The van der Waals surface area contributed by atoms with Crippen molar-refractivity contribution in [1.29, 1.82) is 0 Å². The Morgan fingerprint density at radius 3 is 1.94 bits per heavy atom. The number of amides is 4. The number of phenols is 1. The number of phenolic OH excluding ortho intramolecular Hbond substituents is 1. The first-order chi connectivity index (χ1) is 16.0. The Morgan fingerprint density at radius 2 is 1.44 bits per heavy atom. The number of carbonyl (C=O) groups excluding carboxylic acids is 4. The van der Waals surface area contributed by atoms with Crippen molar-refractivity contribution < 1.29 is 39.3 Å². The Labute approximate surface area is 200 Å². The lowest BCUT2D eigenvalue weighted by atomic mass is 10.0. The summed E-state index contributed by atoms with van der Waals surface area (Å²) in [5.41, 5.74) is 11.7. The van der Waals surface area contributed by atoms with Crippen molar-refractivity contribution >= 4 is 42.2 Å². The number of rotatable bonds is 14. The zero-order valence-corrected chi connectivity index (χ0v) is 19.0. The van der Waals surface area contributed by atoms with Crippen LogP contribution < -0.4 is 27.4 Å². The molecule has 0 radical (unpaired) electrons. The summed E-state index contributed by atoms with van der Waals surface area (Å²) in [7, 11) is 0. The van der Waals surface area contributed by atoms with E-state index in [0.717, 1.165) is 0 Å². The van der Waals surface area contributed by atoms with Gasteiger partial charge in [-0.15, -0.1) is 0 Å². The van der Waals surface area contributed by atoms with E-state index in [1.807, 2.05) is 0 Å². The zero-order chi connectivity index (χ0) is 25.8. The fraction of sp³-hybridized carbons (Fsp3) is 0.450. The van der Waals surface area contributed by atoms with E-state index in [1.165, 1.54) is 12.1 Å². The quantitative estimate of drug-likeness (QED) is 0.118. The first-order valence-electron chi connectivity index (χ1n) is 10.2. The molecule has 4 atom stereocenters. The highest BCUT2D eigenvalue weighted by molar-refractivity contribution is 7.80. The van der Waals surface area contributed by atoms with E-state index >= 15 is 0 Å². The van der Waals surface area contributed by atoms with Gasteiger partial charge >= 0.3 is 5.97 Å². The van der Waals surface area contributed by atoms with Crippen molar-refractivity contribution in [3.05, 3.63) is 29.8 Å². The minimum absolute atomic E-state index is 0.0384. The van der Waals surface area contributed by atoms with Crippen molar-refractivity contribution in [3.63, 3.8) is 0 Å². The molecule has 0 aromatic heterocycles. The van der Waals surface area contributed by atoms with E-state index in [9.17, 15) is 34.2 Å². The number of carbonyl (C=O) groups is 5. The van der Waals surface area contributed by atoms with Gasteiger partial charge in [0.15, 0.2) is 0 Å². The molecule has 4 amide bonds. The van der Waals surface area contributed by atoms with Crippen LogP contribution in [0.4, 0.5) is 0 Å². The Kier molecular flexibility index (Phi) is 11.8. The van der Waals surface area contributed by atoms with E-state index in [2.05, 4.69) is 28.6 Å². The molecule has 0 heterocycles. The molecule has 0 fully saturated rings. The molecule has 0 aliphatic rings. The number of benzene rings is 1. The third kappa shape index (κ3) is 9.64. The predicted molar refractivity (Wildman–Crippen MR) is 123 cm³/mol. The van der Waals surface area contributed by atoms with Gasteiger partial charge in [-0.1, -0.05) is 12.1 Å². The monoisotopic (exact) mass is 499 g/mol. The average molecular weight is 500 g/mol. The standard InChI is InChI=1S/C20H29N5O8S/c21-12(7-10-1-3-11(27)4-2-10)17(29)23-13(5-6-16(22)28)18(30)24-14(8-26)19(31)25-15(9-34)20(32)33/h1-4,12-15,26-27,34H,5-9,21H2,(H2,22,28)(H,23,29)(H,24,30)(H,25,31)(H,32,33). The molecule has 0 saturated carbocycles. The third-order valence-electron chi connectivity index (χ3n) is 4.65. The minimum Gasteiger partial charge on any atom is -0.508 e. The first kappa shape index (κ1) is 28.7. The maximum Gasteiger partial charge on any atom is 0.327 e. The van der Waals surface area contributed by atoms with Gasteiger partial charge < -0.3 is 42.7 Å². The van der Waals surface area contributed by atoms with Crippen LogP contribution in [0.3, 0.4) is 0 Å². The second kappa shape index (κ2) is 14.0. The summed E-state index contributed by atoms with van der Waals surface area (Å²) in [5.74, 6) is -4.93. The van der Waals surface area contributed by atoms with Crippen molar-refractivity contribution in [1.82, 2.24) is 16.0 Å². The van der Waals surface area contributed by atoms with Crippen LogP contribution in [0.5, 0.6) is 5.75 Å². The molecule has 0 aliphatic carbocycles. The number of carboxylic acids is 1. The Morgan fingerprint density at radius 1 is 0.912 bits per heavy atom. The summed E-state index contributed by atoms with van der Waals surface area (Å²) < 4.78 is 0. The van der Waals surface area contributed by atoms with Crippen LogP contribution >= 0.6 is 12.6 Å². The Hall–Kier alpha value is -3.36. The second-order valence-electron chi connectivity index (χ2n) is 7.37. The number of aliphatic carboxylic acids is 1. The lowest BCUT2D eigenvalue weighted by molar-refractivity contribution is -0.142. The molecule has 10 N–H and O–H groups in total.